The molecule has 0 saturated carbocycles. The molecule has 128 valence electrons. The zero-order valence-corrected chi connectivity index (χ0v) is 14.2. The molecule has 0 heterocycles. The van der Waals surface area contributed by atoms with Gasteiger partial charge < -0.3 is 9.47 Å². The summed E-state index contributed by atoms with van der Waals surface area (Å²) in [5, 5.41) is 0. The summed E-state index contributed by atoms with van der Waals surface area (Å²) < 4.78 is 39.3. The lowest BCUT2D eigenvalue weighted by Crippen LogP contribution is -2.14. The van der Waals surface area contributed by atoms with E-state index in [0.717, 1.165) is 5.56 Å². The fraction of sp³-hybridized carbons (Fsp3) is 0.235. The van der Waals surface area contributed by atoms with Crippen LogP contribution in [0.2, 0.25) is 0 Å². The van der Waals surface area contributed by atoms with Crippen LogP contribution in [0, 0.1) is 6.92 Å². The van der Waals surface area contributed by atoms with Crippen molar-refractivity contribution in [1.29, 1.82) is 0 Å². The standard InChI is InChI=1S/C17H18O6S/c1-13-7-9-15(10-8-13)24(19,20)23-11-14-5-3-4-6-16(14)22-12-17(18)21-2/h3-10H,11-12H2,1-2H3. The minimum Gasteiger partial charge on any atom is -0.482 e. The molecule has 2 aromatic rings. The Hall–Kier alpha value is -2.38. The van der Waals surface area contributed by atoms with Gasteiger partial charge in [-0.05, 0) is 25.1 Å². The molecule has 0 saturated heterocycles. The van der Waals surface area contributed by atoms with Gasteiger partial charge in [-0.15, -0.1) is 0 Å². The maximum Gasteiger partial charge on any atom is 0.343 e. The number of aryl methyl sites for hydroxylation is 1. The van der Waals surface area contributed by atoms with Gasteiger partial charge in [0.25, 0.3) is 10.1 Å². The molecule has 0 unspecified atom stereocenters. The highest BCUT2D eigenvalue weighted by Crippen LogP contribution is 2.21. The summed E-state index contributed by atoms with van der Waals surface area (Å²) >= 11 is 0. The van der Waals surface area contributed by atoms with E-state index >= 15 is 0 Å². The van der Waals surface area contributed by atoms with E-state index in [9.17, 15) is 13.2 Å². The van der Waals surface area contributed by atoms with Crippen LogP contribution in [0.25, 0.3) is 0 Å². The van der Waals surface area contributed by atoms with Crippen LogP contribution in [0.15, 0.2) is 53.4 Å². The summed E-state index contributed by atoms with van der Waals surface area (Å²) in [6.45, 7) is 1.40. The number of hydrogen-bond donors (Lipinski definition) is 0. The molecule has 24 heavy (non-hydrogen) atoms. The van der Waals surface area contributed by atoms with Crippen molar-refractivity contribution in [2.75, 3.05) is 13.7 Å². The minimum atomic E-state index is -3.88. The molecule has 0 N–H and O–H groups in total. The normalized spacial score (nSPS) is 11.1. The van der Waals surface area contributed by atoms with Crippen LogP contribution >= 0.6 is 0 Å². The Bertz CT molecular complexity index is 796. The molecule has 0 fully saturated rings. The summed E-state index contributed by atoms with van der Waals surface area (Å²) in [5.41, 5.74) is 1.47. The van der Waals surface area contributed by atoms with Crippen molar-refractivity contribution in [2.45, 2.75) is 18.4 Å². The fourth-order valence-electron chi connectivity index (χ4n) is 1.87. The molecule has 2 aromatic carbocycles. The molecule has 0 aliphatic rings. The van der Waals surface area contributed by atoms with Gasteiger partial charge >= 0.3 is 5.97 Å². The Morgan fingerprint density at radius 3 is 2.38 bits per heavy atom. The summed E-state index contributed by atoms with van der Waals surface area (Å²) in [6, 6.07) is 13.1. The molecule has 0 bridgehead atoms. The van der Waals surface area contributed by atoms with Gasteiger partial charge in [0.05, 0.1) is 18.6 Å². The van der Waals surface area contributed by atoms with Gasteiger partial charge in [0.1, 0.15) is 5.75 Å². The molecule has 0 aromatic heterocycles. The first-order chi connectivity index (χ1) is 11.4. The van der Waals surface area contributed by atoms with Crippen molar-refractivity contribution >= 4 is 16.1 Å². The first-order valence-electron chi connectivity index (χ1n) is 7.16. The van der Waals surface area contributed by atoms with E-state index in [1.165, 1.54) is 19.2 Å². The highest BCUT2D eigenvalue weighted by Gasteiger charge is 2.16. The average molecular weight is 350 g/mol. The van der Waals surface area contributed by atoms with E-state index in [1.54, 1.807) is 36.4 Å². The highest BCUT2D eigenvalue weighted by atomic mass is 32.2. The third-order valence-corrected chi connectivity index (χ3v) is 4.50. The molecule has 0 radical (unpaired) electrons. The zero-order chi connectivity index (χ0) is 17.6. The van der Waals surface area contributed by atoms with Crippen molar-refractivity contribution < 1.29 is 26.9 Å². The number of benzene rings is 2. The summed E-state index contributed by atoms with van der Waals surface area (Å²) in [7, 11) is -2.62. The van der Waals surface area contributed by atoms with Crippen molar-refractivity contribution in [2.24, 2.45) is 0 Å². The maximum atomic E-state index is 12.2. The molecule has 0 atom stereocenters. The number of rotatable bonds is 7. The van der Waals surface area contributed by atoms with E-state index in [0.29, 0.717) is 11.3 Å². The Balaban J connectivity index is 2.08. The molecule has 0 aliphatic heterocycles. The van der Waals surface area contributed by atoms with Crippen LogP contribution < -0.4 is 4.74 Å². The second-order valence-corrected chi connectivity index (χ2v) is 6.62. The van der Waals surface area contributed by atoms with Gasteiger partial charge in [-0.3, -0.25) is 4.18 Å². The number of para-hydroxylation sites is 1. The van der Waals surface area contributed by atoms with Crippen molar-refractivity contribution in [3.63, 3.8) is 0 Å². The quantitative estimate of drug-likeness (QED) is 0.564. The Morgan fingerprint density at radius 1 is 1.04 bits per heavy atom. The molecule has 7 heteroatoms. The second kappa shape index (κ2) is 7.94. The van der Waals surface area contributed by atoms with Crippen LogP contribution in [-0.2, 0) is 30.4 Å². The highest BCUT2D eigenvalue weighted by molar-refractivity contribution is 7.86. The Labute approximate surface area is 141 Å². The SMILES string of the molecule is COC(=O)COc1ccccc1COS(=O)(=O)c1ccc(C)cc1. The van der Waals surface area contributed by atoms with Crippen LogP contribution in [0.3, 0.4) is 0 Å². The number of methoxy groups -OCH3 is 1. The summed E-state index contributed by atoms with van der Waals surface area (Å²) in [5.74, 6) is -0.167. The lowest BCUT2D eigenvalue weighted by molar-refractivity contribution is -0.142. The number of carbonyl (C=O) groups excluding carboxylic acids is 1. The number of hydrogen-bond acceptors (Lipinski definition) is 6. The number of ether oxygens (including phenoxy) is 2. The van der Waals surface area contributed by atoms with E-state index < -0.39 is 16.1 Å². The Kier molecular flexibility index (Phi) is 5.94. The van der Waals surface area contributed by atoms with E-state index in [4.69, 9.17) is 8.92 Å². The Morgan fingerprint density at radius 2 is 1.71 bits per heavy atom. The molecular formula is C17H18O6S. The average Bonchev–Trinajstić information content (AvgIpc) is 2.59. The number of esters is 1. The lowest BCUT2D eigenvalue weighted by atomic mass is 10.2. The third kappa shape index (κ3) is 4.81. The van der Waals surface area contributed by atoms with Crippen LogP contribution in [0.4, 0.5) is 0 Å². The second-order valence-electron chi connectivity index (χ2n) is 5.00. The van der Waals surface area contributed by atoms with Crippen LogP contribution in [0.1, 0.15) is 11.1 Å². The van der Waals surface area contributed by atoms with E-state index in [1.807, 2.05) is 6.92 Å². The predicted molar refractivity (Wildman–Crippen MR) is 87.1 cm³/mol. The van der Waals surface area contributed by atoms with Gasteiger partial charge in [-0.2, -0.15) is 8.42 Å². The van der Waals surface area contributed by atoms with Gasteiger partial charge in [0.2, 0.25) is 0 Å². The van der Waals surface area contributed by atoms with Crippen LogP contribution in [0.5, 0.6) is 5.75 Å². The minimum absolute atomic E-state index is 0.0843. The predicted octanol–water partition coefficient (Wildman–Crippen LogP) is 2.45. The largest absolute Gasteiger partial charge is 0.482 e. The zero-order valence-electron chi connectivity index (χ0n) is 13.4. The van der Waals surface area contributed by atoms with E-state index in [2.05, 4.69) is 4.74 Å². The summed E-state index contributed by atoms with van der Waals surface area (Å²) in [4.78, 5) is 11.2. The van der Waals surface area contributed by atoms with Gasteiger partial charge in [-0.1, -0.05) is 35.9 Å². The van der Waals surface area contributed by atoms with Gasteiger partial charge in [0.15, 0.2) is 6.61 Å². The topological polar surface area (TPSA) is 78.9 Å². The van der Waals surface area contributed by atoms with Gasteiger partial charge in [-0.25, -0.2) is 4.79 Å². The van der Waals surface area contributed by atoms with Crippen LogP contribution in [-0.4, -0.2) is 28.1 Å². The first-order valence-corrected chi connectivity index (χ1v) is 8.57. The molecule has 6 nitrogen and oxygen atoms in total. The fourth-order valence-corrected chi connectivity index (χ4v) is 2.76. The van der Waals surface area contributed by atoms with Crippen molar-refractivity contribution in [1.82, 2.24) is 0 Å². The molecule has 0 amide bonds. The third-order valence-electron chi connectivity index (χ3n) is 3.23. The van der Waals surface area contributed by atoms with Crippen molar-refractivity contribution in [3.05, 3.63) is 59.7 Å². The monoisotopic (exact) mass is 350 g/mol. The molecule has 0 aliphatic carbocycles. The molecular weight excluding hydrogens is 332 g/mol. The first kappa shape index (κ1) is 18.0. The molecule has 0 spiro atoms. The maximum absolute atomic E-state index is 12.2. The summed E-state index contributed by atoms with van der Waals surface area (Å²) in [6.07, 6.45) is 0. The molecule has 2 rings (SSSR count). The van der Waals surface area contributed by atoms with Gasteiger partial charge in [0, 0.05) is 5.56 Å². The number of carbonyl (C=O) groups is 1. The van der Waals surface area contributed by atoms with Crippen molar-refractivity contribution in [3.8, 4) is 5.75 Å². The smallest absolute Gasteiger partial charge is 0.343 e. The lowest BCUT2D eigenvalue weighted by Gasteiger charge is -2.11. The van der Waals surface area contributed by atoms with E-state index in [-0.39, 0.29) is 18.1 Å².